The summed E-state index contributed by atoms with van der Waals surface area (Å²) in [7, 11) is 0. The fraction of sp³-hybridized carbons (Fsp3) is 0.143. The smallest absolute Gasteiger partial charge is 0.197 e. The fourth-order valence-corrected chi connectivity index (χ4v) is 1.21. The van der Waals surface area contributed by atoms with Crippen molar-refractivity contribution in [1.82, 2.24) is 25.1 Å². The SMILES string of the molecule is BrCc1ccnc(-c2ncn[nH]2)n1. The standard InChI is InChI=1S/C7H6BrN5/c8-3-5-1-2-9-6(12-5)7-10-4-11-13-7/h1-2,4H,3H2,(H,10,11,13). The molecule has 0 unspecified atom stereocenters. The van der Waals surface area contributed by atoms with Gasteiger partial charge in [-0.2, -0.15) is 5.10 Å². The highest BCUT2D eigenvalue weighted by Crippen LogP contribution is 2.08. The zero-order chi connectivity index (χ0) is 9.10. The molecule has 0 fully saturated rings. The number of alkyl halides is 1. The maximum Gasteiger partial charge on any atom is 0.197 e. The van der Waals surface area contributed by atoms with Gasteiger partial charge in [0.1, 0.15) is 6.33 Å². The molecule has 0 saturated heterocycles. The highest BCUT2D eigenvalue weighted by Gasteiger charge is 2.03. The van der Waals surface area contributed by atoms with Gasteiger partial charge in [-0.05, 0) is 6.07 Å². The first-order valence-corrected chi connectivity index (χ1v) is 4.76. The number of hydrogen-bond donors (Lipinski definition) is 1. The van der Waals surface area contributed by atoms with Crippen LogP contribution >= 0.6 is 15.9 Å². The number of rotatable bonds is 2. The molecule has 66 valence electrons. The first kappa shape index (κ1) is 8.31. The van der Waals surface area contributed by atoms with E-state index in [0.717, 1.165) is 5.69 Å². The van der Waals surface area contributed by atoms with Crippen molar-refractivity contribution in [2.24, 2.45) is 0 Å². The average molecular weight is 240 g/mol. The van der Waals surface area contributed by atoms with Gasteiger partial charge in [-0.3, -0.25) is 5.10 Å². The van der Waals surface area contributed by atoms with Crippen molar-refractivity contribution in [3.63, 3.8) is 0 Å². The molecule has 0 spiro atoms. The largest absolute Gasteiger partial charge is 0.257 e. The van der Waals surface area contributed by atoms with Gasteiger partial charge in [0, 0.05) is 11.5 Å². The van der Waals surface area contributed by atoms with Gasteiger partial charge >= 0.3 is 0 Å². The third-order valence-electron chi connectivity index (χ3n) is 1.48. The van der Waals surface area contributed by atoms with Crippen molar-refractivity contribution in [3.05, 3.63) is 24.3 Å². The minimum absolute atomic E-state index is 0.564. The van der Waals surface area contributed by atoms with E-state index in [1.807, 2.05) is 6.07 Å². The van der Waals surface area contributed by atoms with Gasteiger partial charge in [-0.1, -0.05) is 15.9 Å². The van der Waals surface area contributed by atoms with Gasteiger partial charge in [-0.15, -0.1) is 0 Å². The van der Waals surface area contributed by atoms with Crippen LogP contribution in [0.5, 0.6) is 0 Å². The van der Waals surface area contributed by atoms with Gasteiger partial charge in [0.2, 0.25) is 0 Å². The summed E-state index contributed by atoms with van der Waals surface area (Å²) in [6, 6.07) is 1.84. The zero-order valence-corrected chi connectivity index (χ0v) is 8.19. The summed E-state index contributed by atoms with van der Waals surface area (Å²) in [6.45, 7) is 0. The molecular weight excluding hydrogens is 234 g/mol. The zero-order valence-electron chi connectivity index (χ0n) is 6.61. The lowest BCUT2D eigenvalue weighted by molar-refractivity contribution is 1.04. The predicted octanol–water partition coefficient (Wildman–Crippen LogP) is 1.16. The van der Waals surface area contributed by atoms with E-state index >= 15 is 0 Å². The lowest BCUT2D eigenvalue weighted by Gasteiger charge is -1.96. The van der Waals surface area contributed by atoms with Crippen LogP contribution < -0.4 is 0 Å². The molecule has 2 heterocycles. The molecule has 0 amide bonds. The van der Waals surface area contributed by atoms with Crippen molar-refractivity contribution < 1.29 is 0 Å². The van der Waals surface area contributed by atoms with Crippen LogP contribution in [-0.4, -0.2) is 25.1 Å². The van der Waals surface area contributed by atoms with Crippen molar-refractivity contribution in [3.8, 4) is 11.6 Å². The second-order valence-corrected chi connectivity index (χ2v) is 2.90. The molecule has 2 aromatic rings. The molecule has 0 aliphatic heterocycles. The lowest BCUT2D eigenvalue weighted by atomic mass is 10.4. The number of nitrogens with zero attached hydrogens (tertiary/aromatic N) is 4. The molecule has 0 bridgehead atoms. The van der Waals surface area contributed by atoms with E-state index in [9.17, 15) is 0 Å². The Kier molecular flexibility index (Phi) is 2.31. The average Bonchev–Trinajstić information content (AvgIpc) is 2.71. The van der Waals surface area contributed by atoms with Crippen LogP contribution in [0.15, 0.2) is 18.6 Å². The summed E-state index contributed by atoms with van der Waals surface area (Å²) in [5, 5.41) is 7.13. The fourth-order valence-electron chi connectivity index (χ4n) is 0.898. The summed E-state index contributed by atoms with van der Waals surface area (Å²) < 4.78 is 0. The van der Waals surface area contributed by atoms with E-state index in [4.69, 9.17) is 0 Å². The third kappa shape index (κ3) is 1.72. The maximum absolute atomic E-state index is 4.24. The van der Waals surface area contributed by atoms with Gasteiger partial charge in [-0.25, -0.2) is 15.0 Å². The van der Waals surface area contributed by atoms with Crippen LogP contribution in [0.25, 0.3) is 11.6 Å². The van der Waals surface area contributed by atoms with E-state index in [1.165, 1.54) is 6.33 Å². The van der Waals surface area contributed by atoms with Gasteiger partial charge in [0.05, 0.1) is 5.69 Å². The highest BCUT2D eigenvalue weighted by atomic mass is 79.9. The predicted molar refractivity (Wildman–Crippen MR) is 50.0 cm³/mol. The molecule has 0 atom stereocenters. The number of aromatic nitrogens is 5. The molecule has 2 aromatic heterocycles. The Balaban J connectivity index is 2.41. The molecular formula is C7H6BrN5. The molecule has 0 saturated carbocycles. The van der Waals surface area contributed by atoms with Gasteiger partial charge in [0.15, 0.2) is 11.6 Å². The molecule has 0 aliphatic rings. The van der Waals surface area contributed by atoms with Gasteiger partial charge < -0.3 is 0 Å². The van der Waals surface area contributed by atoms with Crippen LogP contribution in [0.1, 0.15) is 5.69 Å². The molecule has 13 heavy (non-hydrogen) atoms. The van der Waals surface area contributed by atoms with Crippen LogP contribution in [0.3, 0.4) is 0 Å². The molecule has 1 N–H and O–H groups in total. The molecule has 0 aliphatic carbocycles. The molecule has 0 radical (unpaired) electrons. The van der Waals surface area contributed by atoms with Crippen molar-refractivity contribution >= 4 is 15.9 Å². The van der Waals surface area contributed by atoms with Crippen molar-refractivity contribution in [1.29, 1.82) is 0 Å². The molecule has 5 nitrogen and oxygen atoms in total. The van der Waals surface area contributed by atoms with E-state index in [2.05, 4.69) is 41.1 Å². The monoisotopic (exact) mass is 239 g/mol. The Morgan fingerprint density at radius 3 is 3.00 bits per heavy atom. The summed E-state index contributed by atoms with van der Waals surface area (Å²) in [4.78, 5) is 12.3. The molecule has 6 heteroatoms. The quantitative estimate of drug-likeness (QED) is 0.799. The van der Waals surface area contributed by atoms with E-state index < -0.39 is 0 Å². The number of halogens is 1. The lowest BCUT2D eigenvalue weighted by Crippen LogP contribution is -1.93. The summed E-state index contributed by atoms with van der Waals surface area (Å²) >= 11 is 3.32. The maximum atomic E-state index is 4.24. The summed E-state index contributed by atoms with van der Waals surface area (Å²) in [5.74, 6) is 1.15. The Morgan fingerprint density at radius 2 is 2.31 bits per heavy atom. The second-order valence-electron chi connectivity index (χ2n) is 2.34. The minimum atomic E-state index is 0.564. The van der Waals surface area contributed by atoms with E-state index in [1.54, 1.807) is 6.20 Å². The Morgan fingerprint density at radius 1 is 1.38 bits per heavy atom. The third-order valence-corrected chi connectivity index (χ3v) is 2.05. The van der Waals surface area contributed by atoms with Crippen LogP contribution in [-0.2, 0) is 5.33 Å². The number of hydrogen-bond acceptors (Lipinski definition) is 4. The Labute approximate surface area is 82.8 Å². The highest BCUT2D eigenvalue weighted by molar-refractivity contribution is 9.08. The Hall–Kier alpha value is -1.30. The molecule has 0 aromatic carbocycles. The number of nitrogens with one attached hydrogen (secondary N) is 1. The van der Waals surface area contributed by atoms with E-state index in [-0.39, 0.29) is 0 Å². The Bertz CT molecular complexity index is 386. The summed E-state index contributed by atoms with van der Waals surface area (Å²) in [6.07, 6.45) is 3.13. The van der Waals surface area contributed by atoms with Crippen LogP contribution in [0, 0.1) is 0 Å². The second kappa shape index (κ2) is 3.61. The van der Waals surface area contributed by atoms with Crippen LogP contribution in [0.2, 0.25) is 0 Å². The van der Waals surface area contributed by atoms with Gasteiger partial charge in [0.25, 0.3) is 0 Å². The van der Waals surface area contributed by atoms with E-state index in [0.29, 0.717) is 17.0 Å². The minimum Gasteiger partial charge on any atom is -0.257 e. The normalized spacial score (nSPS) is 10.2. The molecule has 2 rings (SSSR count). The van der Waals surface area contributed by atoms with Crippen molar-refractivity contribution in [2.45, 2.75) is 5.33 Å². The topological polar surface area (TPSA) is 67.3 Å². The van der Waals surface area contributed by atoms with Crippen molar-refractivity contribution in [2.75, 3.05) is 0 Å². The first-order valence-electron chi connectivity index (χ1n) is 3.64. The number of H-pyrrole nitrogens is 1. The first-order chi connectivity index (χ1) is 6.40. The van der Waals surface area contributed by atoms with Crippen LogP contribution in [0.4, 0.5) is 0 Å². The summed E-state index contributed by atoms with van der Waals surface area (Å²) in [5.41, 5.74) is 0.918. The number of aromatic amines is 1.